The molecule has 0 atom stereocenters. The maximum absolute atomic E-state index is 4.17. The van der Waals surface area contributed by atoms with Gasteiger partial charge in [-0.05, 0) is 0 Å². The summed E-state index contributed by atoms with van der Waals surface area (Å²) in [6.45, 7) is 0. The molecule has 0 aliphatic rings. The van der Waals surface area contributed by atoms with E-state index in [1.807, 2.05) is 0 Å². The van der Waals surface area contributed by atoms with Crippen LogP contribution in [0.5, 0.6) is 0 Å². The zero-order valence-electron chi connectivity index (χ0n) is 1.58. The van der Waals surface area contributed by atoms with Gasteiger partial charge in [-0.25, -0.2) is 0 Å². The van der Waals surface area contributed by atoms with E-state index in [1.165, 1.54) is 18.0 Å². The molecule has 0 rings (SSSR count). The first-order valence-electron chi connectivity index (χ1n) is 0.308. The van der Waals surface area contributed by atoms with Crippen LogP contribution in [-0.4, -0.2) is 0 Å². The van der Waals surface area contributed by atoms with E-state index >= 15 is 0 Å². The Kier molecular flexibility index (Phi) is 49.0. The number of hydrogen-bond donors (Lipinski definition) is 0. The molecule has 0 radical (unpaired) electrons. The molecule has 0 amide bonds. The van der Waals surface area contributed by atoms with Crippen LogP contribution in [0.15, 0.2) is 0 Å². The molecule has 4 heteroatoms. The average molecular weight is 306 g/mol. The summed E-state index contributed by atoms with van der Waals surface area (Å²) in [6, 6.07) is 0. The first-order chi connectivity index (χ1) is 2.00. The minimum absolute atomic E-state index is 1.17. The van der Waals surface area contributed by atoms with Gasteiger partial charge in [-0.15, -0.1) is 0 Å². The molecule has 0 unspecified atom stereocenters. The Labute approximate surface area is 49.3 Å². The molecule has 27 valence electrons. The Bertz CT molecular complexity index is 19.2. The molecule has 0 saturated heterocycles. The van der Waals surface area contributed by atoms with E-state index in [2.05, 4.69) is 31.5 Å². The third-order valence-electron chi connectivity index (χ3n) is 0. The summed E-state index contributed by atoms with van der Waals surface area (Å²) in [5.41, 5.74) is 0. The van der Waals surface area contributed by atoms with Crippen LogP contribution in [0.2, 0.25) is 0 Å². The van der Waals surface area contributed by atoms with Gasteiger partial charge >= 0.3 is 49.5 Å². The van der Waals surface area contributed by atoms with E-state index in [0.717, 1.165) is 0 Å². The van der Waals surface area contributed by atoms with Gasteiger partial charge in [-0.1, -0.05) is 0 Å². The normalized spacial score (nSPS) is 2.00. The molecular formula is NiPSW. The molecule has 0 fully saturated rings. The van der Waals surface area contributed by atoms with Crippen molar-refractivity contribution in [2.75, 3.05) is 0 Å². The van der Waals surface area contributed by atoms with E-state index in [-0.39, 0.29) is 0 Å². The van der Waals surface area contributed by atoms with Gasteiger partial charge in [0.2, 0.25) is 0 Å². The van der Waals surface area contributed by atoms with Gasteiger partial charge in [-0.3, -0.25) is 0 Å². The Morgan fingerprint density at radius 1 is 1.50 bits per heavy atom. The molecular weight excluding hydrogens is 306 g/mol. The second-order valence-corrected chi connectivity index (χ2v) is 0. The summed E-state index contributed by atoms with van der Waals surface area (Å²) >= 11 is 4.74. The van der Waals surface area contributed by atoms with Crippen LogP contribution in [0.1, 0.15) is 0 Å². The van der Waals surface area contributed by atoms with E-state index < -0.39 is 0 Å². The van der Waals surface area contributed by atoms with Crippen molar-refractivity contribution >= 4 is 17.2 Å². The first kappa shape index (κ1) is 9.27. The van der Waals surface area contributed by atoms with Crippen LogP contribution in [0.25, 0.3) is 0 Å². The molecule has 0 aromatic carbocycles. The Balaban J connectivity index is 0. The van der Waals surface area contributed by atoms with Crippen LogP contribution in [0, 0.1) is 0 Å². The third-order valence-corrected chi connectivity index (χ3v) is 0. The number of rotatable bonds is 0. The number of hydrogen-bond acceptors (Lipinski definition) is 1. The van der Waals surface area contributed by atoms with Gasteiger partial charge in [0.25, 0.3) is 0 Å². The Hall–Kier alpha value is 1.83. The predicted molar refractivity (Wildman–Crippen MR) is 14.5 cm³/mol. The van der Waals surface area contributed by atoms with Crippen LogP contribution >= 0.6 is 17.2 Å². The molecule has 0 saturated carbocycles. The Morgan fingerprint density at radius 3 is 1.50 bits per heavy atom. The summed E-state index contributed by atoms with van der Waals surface area (Å²) in [5, 5.41) is 0. The Morgan fingerprint density at radius 2 is 1.50 bits per heavy atom. The maximum atomic E-state index is 4.17. The van der Waals surface area contributed by atoms with Crippen molar-refractivity contribution in [1.82, 2.24) is 0 Å². The second kappa shape index (κ2) is 21.1. The van der Waals surface area contributed by atoms with Crippen LogP contribution in [-0.2, 0) is 32.3 Å². The molecule has 0 nitrogen and oxygen atoms in total. The summed E-state index contributed by atoms with van der Waals surface area (Å²) in [6.07, 6.45) is 0. The van der Waals surface area contributed by atoms with Gasteiger partial charge < -0.3 is 0 Å². The van der Waals surface area contributed by atoms with E-state index in [4.69, 9.17) is 0 Å². The van der Waals surface area contributed by atoms with Crippen LogP contribution in [0.4, 0.5) is 0 Å². The summed E-state index contributed by atoms with van der Waals surface area (Å²) in [5.74, 6) is 0. The molecule has 0 heterocycles. The molecule has 0 bridgehead atoms. The predicted octanol–water partition coefficient (Wildman–Crippen LogP) is 1.50. The van der Waals surface area contributed by atoms with Crippen molar-refractivity contribution < 1.29 is 32.3 Å². The minimum atomic E-state index is 1.17. The quantitative estimate of drug-likeness (QED) is 0.483. The fraction of sp³-hybridized carbons (Fsp3) is 0. The standard InChI is InChI=1S/Ni.P.S.W. The van der Waals surface area contributed by atoms with Crippen molar-refractivity contribution in [2.24, 2.45) is 0 Å². The van der Waals surface area contributed by atoms with Crippen LogP contribution in [0.3, 0.4) is 0 Å². The molecule has 4 heavy (non-hydrogen) atoms. The van der Waals surface area contributed by atoms with Gasteiger partial charge in [-0.2, -0.15) is 0 Å². The third kappa shape index (κ3) is 9.16. The summed E-state index contributed by atoms with van der Waals surface area (Å²) < 4.78 is 0. The first-order valence-corrected chi connectivity index (χ1v) is 5.84. The SMILES string of the molecule is [P]#[Ni].[S]=[W]. The molecule has 0 aliphatic heterocycles. The zero-order chi connectivity index (χ0) is 4.00. The fourth-order valence-corrected chi connectivity index (χ4v) is 0. The molecule has 0 spiro atoms. The van der Waals surface area contributed by atoms with Crippen LogP contribution < -0.4 is 0 Å². The monoisotopic (exact) mass is 305 g/mol. The molecule has 0 aliphatic carbocycles. The second-order valence-electron chi connectivity index (χ2n) is 0. The van der Waals surface area contributed by atoms with Crippen molar-refractivity contribution in [3.05, 3.63) is 0 Å². The fourth-order valence-electron chi connectivity index (χ4n) is 0. The van der Waals surface area contributed by atoms with Crippen molar-refractivity contribution in [1.29, 1.82) is 0 Å². The van der Waals surface area contributed by atoms with E-state index in [9.17, 15) is 0 Å². The van der Waals surface area contributed by atoms with Gasteiger partial charge in [0.05, 0.1) is 0 Å². The van der Waals surface area contributed by atoms with Crippen molar-refractivity contribution in [3.63, 3.8) is 0 Å². The molecule has 0 N–H and O–H groups in total. The average Bonchev–Trinajstić information content (AvgIpc) is 1.50. The summed E-state index contributed by atoms with van der Waals surface area (Å²) in [7, 11) is 7.32. The van der Waals surface area contributed by atoms with Gasteiger partial charge in [0.15, 0.2) is 0 Å². The van der Waals surface area contributed by atoms with Gasteiger partial charge in [0.1, 0.15) is 0 Å². The van der Waals surface area contributed by atoms with Crippen molar-refractivity contribution in [3.8, 4) is 0 Å². The van der Waals surface area contributed by atoms with E-state index in [0.29, 0.717) is 0 Å². The van der Waals surface area contributed by atoms with E-state index in [1.54, 1.807) is 0 Å². The molecule has 0 aromatic heterocycles. The molecule has 0 aromatic rings. The topological polar surface area (TPSA) is 0 Å². The summed E-state index contributed by atoms with van der Waals surface area (Å²) in [4.78, 5) is 0. The van der Waals surface area contributed by atoms with Gasteiger partial charge in [0, 0.05) is 0 Å². The zero-order valence-corrected chi connectivity index (χ0v) is 7.21. The van der Waals surface area contributed by atoms with Crippen molar-refractivity contribution in [2.45, 2.75) is 0 Å².